The Hall–Kier alpha value is -0.520. The van der Waals surface area contributed by atoms with Gasteiger partial charge in [-0.1, -0.05) is 6.92 Å². The van der Waals surface area contributed by atoms with Crippen molar-refractivity contribution >= 4 is 0 Å². The van der Waals surface area contributed by atoms with Crippen LogP contribution in [-0.4, -0.2) is 19.5 Å². The number of terminal acetylenes is 1. The monoisotopic (exact) mass is 126 g/mol. The normalized spacial score (nSPS) is 35.6. The van der Waals surface area contributed by atoms with Gasteiger partial charge < -0.3 is 9.47 Å². The number of ether oxygens (including phenoxy) is 2. The van der Waals surface area contributed by atoms with Crippen LogP contribution < -0.4 is 0 Å². The molecule has 1 heterocycles. The molecule has 2 heteroatoms. The van der Waals surface area contributed by atoms with Crippen molar-refractivity contribution in [3.8, 4) is 12.3 Å². The lowest BCUT2D eigenvalue weighted by Crippen LogP contribution is -2.29. The predicted octanol–water partition coefficient (Wildman–Crippen LogP) is 0.629. The SMILES string of the molecule is C#CC1OCC(C)CO1. The first kappa shape index (κ1) is 6.60. The smallest absolute Gasteiger partial charge is 0.222 e. The van der Waals surface area contributed by atoms with E-state index in [-0.39, 0.29) is 0 Å². The van der Waals surface area contributed by atoms with Crippen LogP contribution in [0.4, 0.5) is 0 Å². The van der Waals surface area contributed by atoms with Gasteiger partial charge in [-0.25, -0.2) is 0 Å². The summed E-state index contributed by atoms with van der Waals surface area (Å²) >= 11 is 0. The van der Waals surface area contributed by atoms with Gasteiger partial charge in [-0.05, 0) is 5.92 Å². The fourth-order valence-electron chi connectivity index (χ4n) is 0.696. The maximum atomic E-state index is 5.08. The van der Waals surface area contributed by atoms with E-state index < -0.39 is 6.29 Å². The summed E-state index contributed by atoms with van der Waals surface area (Å²) in [4.78, 5) is 0. The van der Waals surface area contributed by atoms with Crippen molar-refractivity contribution in [2.75, 3.05) is 13.2 Å². The van der Waals surface area contributed by atoms with E-state index in [1.165, 1.54) is 0 Å². The maximum Gasteiger partial charge on any atom is 0.222 e. The summed E-state index contributed by atoms with van der Waals surface area (Å²) in [5.41, 5.74) is 0. The van der Waals surface area contributed by atoms with Gasteiger partial charge in [0, 0.05) is 5.92 Å². The van der Waals surface area contributed by atoms with Gasteiger partial charge in [0.2, 0.25) is 6.29 Å². The Kier molecular flexibility index (Phi) is 2.10. The Labute approximate surface area is 55.1 Å². The lowest BCUT2D eigenvalue weighted by molar-refractivity contribution is -0.165. The summed E-state index contributed by atoms with van der Waals surface area (Å²) in [6, 6.07) is 0. The first-order chi connectivity index (χ1) is 4.33. The van der Waals surface area contributed by atoms with Crippen LogP contribution in [0, 0.1) is 18.3 Å². The van der Waals surface area contributed by atoms with Crippen molar-refractivity contribution < 1.29 is 9.47 Å². The summed E-state index contributed by atoms with van der Waals surface area (Å²) in [6.45, 7) is 3.50. The summed E-state index contributed by atoms with van der Waals surface area (Å²) < 4.78 is 10.2. The second kappa shape index (κ2) is 2.86. The van der Waals surface area contributed by atoms with Gasteiger partial charge in [0.05, 0.1) is 13.2 Å². The molecule has 1 fully saturated rings. The molecule has 1 aliphatic rings. The van der Waals surface area contributed by atoms with Crippen LogP contribution in [0.15, 0.2) is 0 Å². The molecule has 0 N–H and O–H groups in total. The standard InChI is InChI=1S/C7H10O2/c1-3-7-8-4-6(2)5-9-7/h1,6-7H,4-5H2,2H3. The van der Waals surface area contributed by atoms with Crippen LogP contribution in [0.1, 0.15) is 6.92 Å². The van der Waals surface area contributed by atoms with Gasteiger partial charge >= 0.3 is 0 Å². The summed E-state index contributed by atoms with van der Waals surface area (Å²) in [6.07, 6.45) is 4.65. The highest BCUT2D eigenvalue weighted by atomic mass is 16.7. The number of hydrogen-bond donors (Lipinski definition) is 0. The zero-order valence-corrected chi connectivity index (χ0v) is 5.46. The van der Waals surface area contributed by atoms with Crippen LogP contribution in [-0.2, 0) is 9.47 Å². The van der Waals surface area contributed by atoms with Crippen molar-refractivity contribution in [1.29, 1.82) is 0 Å². The molecule has 0 unspecified atom stereocenters. The molecule has 0 aliphatic carbocycles. The second-order valence-electron chi connectivity index (χ2n) is 2.27. The lowest BCUT2D eigenvalue weighted by Gasteiger charge is -2.23. The van der Waals surface area contributed by atoms with Crippen molar-refractivity contribution in [3.05, 3.63) is 0 Å². The van der Waals surface area contributed by atoms with E-state index in [0.29, 0.717) is 5.92 Å². The van der Waals surface area contributed by atoms with Crippen molar-refractivity contribution in [1.82, 2.24) is 0 Å². The van der Waals surface area contributed by atoms with Gasteiger partial charge in [-0.3, -0.25) is 0 Å². The highest BCUT2D eigenvalue weighted by molar-refractivity contribution is 4.90. The van der Waals surface area contributed by atoms with Gasteiger partial charge in [0.15, 0.2) is 0 Å². The zero-order chi connectivity index (χ0) is 6.69. The molecule has 1 saturated heterocycles. The molecule has 0 amide bonds. The molecule has 0 radical (unpaired) electrons. The first-order valence-corrected chi connectivity index (χ1v) is 3.02. The molecule has 1 aliphatic heterocycles. The third kappa shape index (κ3) is 1.70. The van der Waals surface area contributed by atoms with Crippen LogP contribution in [0.2, 0.25) is 0 Å². The summed E-state index contributed by atoms with van der Waals surface area (Å²) in [5, 5.41) is 0. The highest BCUT2D eigenvalue weighted by Gasteiger charge is 2.15. The Balaban J connectivity index is 2.28. The molecular weight excluding hydrogens is 116 g/mol. The Morgan fingerprint density at radius 2 is 2.00 bits per heavy atom. The van der Waals surface area contributed by atoms with Crippen molar-refractivity contribution in [2.45, 2.75) is 13.2 Å². The molecule has 0 aromatic carbocycles. The van der Waals surface area contributed by atoms with Gasteiger partial charge in [-0.15, -0.1) is 6.42 Å². The Bertz CT molecular complexity index is 117. The zero-order valence-electron chi connectivity index (χ0n) is 5.46. The molecule has 50 valence electrons. The molecular formula is C7H10O2. The van der Waals surface area contributed by atoms with E-state index in [1.807, 2.05) is 0 Å². The summed E-state index contributed by atoms with van der Waals surface area (Å²) in [7, 11) is 0. The van der Waals surface area contributed by atoms with Crippen molar-refractivity contribution in [2.24, 2.45) is 5.92 Å². The predicted molar refractivity (Wildman–Crippen MR) is 33.7 cm³/mol. The van der Waals surface area contributed by atoms with Gasteiger partial charge in [-0.2, -0.15) is 0 Å². The average molecular weight is 126 g/mol. The van der Waals surface area contributed by atoms with E-state index in [0.717, 1.165) is 13.2 Å². The minimum atomic E-state index is -0.402. The first-order valence-electron chi connectivity index (χ1n) is 3.02. The molecule has 0 atom stereocenters. The maximum absolute atomic E-state index is 5.08. The third-order valence-corrected chi connectivity index (χ3v) is 1.20. The molecule has 0 spiro atoms. The fraction of sp³-hybridized carbons (Fsp3) is 0.714. The van der Waals surface area contributed by atoms with Gasteiger partial charge in [0.1, 0.15) is 0 Å². The Morgan fingerprint density at radius 1 is 1.44 bits per heavy atom. The third-order valence-electron chi connectivity index (χ3n) is 1.20. The van der Waals surface area contributed by atoms with E-state index in [1.54, 1.807) is 0 Å². The lowest BCUT2D eigenvalue weighted by atomic mass is 10.2. The molecule has 0 saturated carbocycles. The van der Waals surface area contributed by atoms with Crippen LogP contribution in [0.3, 0.4) is 0 Å². The largest absolute Gasteiger partial charge is 0.342 e. The van der Waals surface area contributed by atoms with Gasteiger partial charge in [0.25, 0.3) is 0 Å². The Morgan fingerprint density at radius 3 is 2.44 bits per heavy atom. The minimum absolute atomic E-state index is 0.402. The van der Waals surface area contributed by atoms with E-state index >= 15 is 0 Å². The average Bonchev–Trinajstić information content (AvgIpc) is 1.90. The van der Waals surface area contributed by atoms with Crippen LogP contribution >= 0.6 is 0 Å². The molecule has 0 aromatic rings. The fourth-order valence-corrected chi connectivity index (χ4v) is 0.696. The van der Waals surface area contributed by atoms with E-state index in [4.69, 9.17) is 15.9 Å². The molecule has 0 aromatic heterocycles. The van der Waals surface area contributed by atoms with Crippen molar-refractivity contribution in [3.63, 3.8) is 0 Å². The quantitative estimate of drug-likeness (QED) is 0.443. The van der Waals surface area contributed by atoms with E-state index in [9.17, 15) is 0 Å². The highest BCUT2D eigenvalue weighted by Crippen LogP contribution is 2.08. The molecule has 1 rings (SSSR count). The number of hydrogen-bond acceptors (Lipinski definition) is 2. The summed E-state index contributed by atoms with van der Waals surface area (Å²) in [5.74, 6) is 2.86. The molecule has 0 bridgehead atoms. The van der Waals surface area contributed by atoms with Crippen LogP contribution in [0.25, 0.3) is 0 Å². The van der Waals surface area contributed by atoms with E-state index in [2.05, 4.69) is 12.8 Å². The topological polar surface area (TPSA) is 18.5 Å². The second-order valence-corrected chi connectivity index (χ2v) is 2.27. The minimum Gasteiger partial charge on any atom is -0.342 e. The van der Waals surface area contributed by atoms with Crippen LogP contribution in [0.5, 0.6) is 0 Å². The molecule has 2 nitrogen and oxygen atoms in total. The molecule has 9 heavy (non-hydrogen) atoms. The number of rotatable bonds is 0.